The Balaban J connectivity index is 2.33. The fourth-order valence-electron chi connectivity index (χ4n) is 1.79. The molecule has 0 N–H and O–H groups in total. The maximum absolute atomic E-state index is 13.8. The Morgan fingerprint density at radius 1 is 1.48 bits per heavy atom. The van der Waals surface area contributed by atoms with Gasteiger partial charge in [-0.25, -0.2) is 14.2 Å². The number of aryl methyl sites for hydroxylation is 1. The van der Waals surface area contributed by atoms with Crippen molar-refractivity contribution in [1.82, 2.24) is 9.55 Å². The number of hydrogen-bond acceptors (Lipinski definition) is 4. The molecule has 5 nitrogen and oxygen atoms in total. The van der Waals surface area contributed by atoms with Gasteiger partial charge in [0.25, 0.3) is 5.56 Å². The Labute approximate surface area is 133 Å². The Morgan fingerprint density at radius 2 is 2.19 bits per heavy atom. The fraction of sp³-hybridized carbons (Fsp3) is 0.214. The van der Waals surface area contributed by atoms with Crippen LogP contribution in [0.25, 0.3) is 0 Å². The average molecular weight is 402 g/mol. The molecule has 0 bridgehead atoms. The average Bonchev–Trinajstić information content (AvgIpc) is 2.47. The summed E-state index contributed by atoms with van der Waals surface area (Å²) in [6, 6.07) is 4.13. The van der Waals surface area contributed by atoms with Crippen molar-refractivity contribution in [3.63, 3.8) is 0 Å². The Hall–Kier alpha value is -1.77. The highest BCUT2D eigenvalue weighted by atomic mass is 127. The number of carbonyl (C=O) groups excluding carboxylic acids is 1. The summed E-state index contributed by atoms with van der Waals surface area (Å²) in [5.74, 6) is -1.41. The first kappa shape index (κ1) is 15.6. The number of nitrogens with zero attached hydrogens (tertiary/aromatic N) is 2. The van der Waals surface area contributed by atoms with Crippen molar-refractivity contribution >= 4 is 28.6 Å². The predicted molar refractivity (Wildman–Crippen MR) is 82.8 cm³/mol. The van der Waals surface area contributed by atoms with Crippen molar-refractivity contribution in [3.8, 4) is 0 Å². The topological polar surface area (TPSA) is 61.2 Å². The summed E-state index contributed by atoms with van der Waals surface area (Å²) < 4.78 is 20.2. The molecule has 21 heavy (non-hydrogen) atoms. The quantitative estimate of drug-likeness (QED) is 0.583. The van der Waals surface area contributed by atoms with Gasteiger partial charge in [-0.1, -0.05) is 6.07 Å². The molecule has 1 aromatic heterocycles. The van der Waals surface area contributed by atoms with Gasteiger partial charge in [-0.05, 0) is 47.2 Å². The van der Waals surface area contributed by atoms with Crippen LogP contribution in [0.4, 0.5) is 4.39 Å². The first-order chi connectivity index (χ1) is 9.93. The number of esters is 1. The van der Waals surface area contributed by atoms with E-state index in [1.165, 1.54) is 30.1 Å². The van der Waals surface area contributed by atoms with Crippen LogP contribution < -0.4 is 5.56 Å². The maximum Gasteiger partial charge on any atom is 0.340 e. The van der Waals surface area contributed by atoms with E-state index in [1.807, 2.05) is 22.6 Å². The minimum atomic E-state index is -0.734. The van der Waals surface area contributed by atoms with Crippen molar-refractivity contribution in [2.75, 3.05) is 7.11 Å². The zero-order valence-corrected chi connectivity index (χ0v) is 13.5. The summed E-state index contributed by atoms with van der Waals surface area (Å²) in [4.78, 5) is 27.5. The standard InChI is InChI=1S/C14H12FIN2O3/c1-8-12(16)13(19)18(7-17-8)6-9-3-4-10(11(15)5-9)14(20)21-2/h3-5,7H,6H2,1-2H3. The molecule has 7 heteroatoms. The van der Waals surface area contributed by atoms with Crippen LogP contribution in [-0.4, -0.2) is 22.6 Å². The molecule has 1 aromatic carbocycles. The molecule has 0 amide bonds. The molecule has 0 aliphatic rings. The molecule has 2 aromatic rings. The summed E-state index contributed by atoms with van der Waals surface area (Å²) in [5, 5.41) is 0. The highest BCUT2D eigenvalue weighted by molar-refractivity contribution is 14.1. The lowest BCUT2D eigenvalue weighted by molar-refractivity contribution is 0.0595. The Kier molecular flexibility index (Phi) is 4.71. The lowest BCUT2D eigenvalue weighted by Crippen LogP contribution is -2.24. The number of methoxy groups -OCH3 is 1. The summed E-state index contributed by atoms with van der Waals surface area (Å²) in [6.07, 6.45) is 1.42. The van der Waals surface area contributed by atoms with Gasteiger partial charge in [-0.15, -0.1) is 0 Å². The number of ether oxygens (including phenoxy) is 1. The van der Waals surface area contributed by atoms with Gasteiger partial charge in [0, 0.05) is 0 Å². The van der Waals surface area contributed by atoms with E-state index in [2.05, 4.69) is 9.72 Å². The summed E-state index contributed by atoms with van der Waals surface area (Å²) in [6.45, 7) is 1.93. The van der Waals surface area contributed by atoms with Crippen LogP contribution in [0.15, 0.2) is 29.3 Å². The minimum absolute atomic E-state index is 0.134. The van der Waals surface area contributed by atoms with Crippen LogP contribution in [-0.2, 0) is 11.3 Å². The normalized spacial score (nSPS) is 10.5. The second-order valence-corrected chi connectivity index (χ2v) is 5.46. The number of halogens is 2. The van der Waals surface area contributed by atoms with E-state index < -0.39 is 11.8 Å². The highest BCUT2D eigenvalue weighted by Gasteiger charge is 2.13. The van der Waals surface area contributed by atoms with E-state index in [0.29, 0.717) is 14.8 Å². The Bertz CT molecular complexity index is 758. The number of rotatable bonds is 3. The molecule has 0 saturated carbocycles. The van der Waals surface area contributed by atoms with Crippen LogP contribution in [0.1, 0.15) is 21.6 Å². The van der Waals surface area contributed by atoms with Crippen LogP contribution in [0, 0.1) is 16.3 Å². The summed E-state index contributed by atoms with van der Waals surface area (Å²) in [5.41, 5.74) is 0.901. The van der Waals surface area contributed by atoms with Crippen molar-refractivity contribution in [2.24, 2.45) is 0 Å². The lowest BCUT2D eigenvalue weighted by atomic mass is 10.1. The van der Waals surface area contributed by atoms with Crippen molar-refractivity contribution in [1.29, 1.82) is 0 Å². The molecule has 0 saturated heterocycles. The third-order valence-electron chi connectivity index (χ3n) is 2.95. The minimum Gasteiger partial charge on any atom is -0.465 e. The molecule has 0 fully saturated rings. The van der Waals surface area contributed by atoms with Gasteiger partial charge in [0.15, 0.2) is 0 Å². The second-order valence-electron chi connectivity index (χ2n) is 4.38. The molecule has 0 aliphatic heterocycles. The molecule has 0 spiro atoms. The first-order valence-electron chi connectivity index (χ1n) is 6.02. The van der Waals surface area contributed by atoms with Gasteiger partial charge in [0.1, 0.15) is 5.82 Å². The Morgan fingerprint density at radius 3 is 2.81 bits per heavy atom. The molecule has 0 atom stereocenters. The van der Waals surface area contributed by atoms with Crippen molar-refractivity contribution < 1.29 is 13.9 Å². The third kappa shape index (κ3) is 3.29. The molecule has 0 unspecified atom stereocenters. The van der Waals surface area contributed by atoms with E-state index in [0.717, 1.165) is 0 Å². The van der Waals surface area contributed by atoms with E-state index in [4.69, 9.17) is 0 Å². The van der Waals surface area contributed by atoms with Crippen molar-refractivity contribution in [2.45, 2.75) is 13.5 Å². The molecule has 2 rings (SSSR count). The maximum atomic E-state index is 13.8. The number of benzene rings is 1. The van der Waals surface area contributed by atoms with E-state index in [-0.39, 0.29) is 17.7 Å². The van der Waals surface area contributed by atoms with Gasteiger partial charge < -0.3 is 4.74 Å². The van der Waals surface area contributed by atoms with Crippen LogP contribution in [0.3, 0.4) is 0 Å². The van der Waals surface area contributed by atoms with Gasteiger partial charge in [-0.3, -0.25) is 9.36 Å². The van der Waals surface area contributed by atoms with Crippen LogP contribution in [0.2, 0.25) is 0 Å². The lowest BCUT2D eigenvalue weighted by Gasteiger charge is -2.08. The summed E-state index contributed by atoms with van der Waals surface area (Å²) in [7, 11) is 1.19. The highest BCUT2D eigenvalue weighted by Crippen LogP contribution is 2.12. The van der Waals surface area contributed by atoms with E-state index in [1.54, 1.807) is 13.0 Å². The SMILES string of the molecule is COC(=O)c1ccc(Cn2cnc(C)c(I)c2=O)cc1F. The number of carbonyl (C=O) groups is 1. The monoisotopic (exact) mass is 402 g/mol. The largest absolute Gasteiger partial charge is 0.465 e. The predicted octanol–water partition coefficient (Wildman–Crippen LogP) is 2.13. The molecule has 1 heterocycles. The van der Waals surface area contributed by atoms with Gasteiger partial charge >= 0.3 is 5.97 Å². The molecule has 0 radical (unpaired) electrons. The smallest absolute Gasteiger partial charge is 0.340 e. The zero-order chi connectivity index (χ0) is 15.6. The second kappa shape index (κ2) is 6.33. The third-order valence-corrected chi connectivity index (χ3v) is 4.19. The number of hydrogen-bond donors (Lipinski definition) is 0. The van der Waals surface area contributed by atoms with Crippen LogP contribution in [0.5, 0.6) is 0 Å². The van der Waals surface area contributed by atoms with Gasteiger partial charge in [0.05, 0.1) is 34.8 Å². The van der Waals surface area contributed by atoms with E-state index in [9.17, 15) is 14.0 Å². The fourth-order valence-corrected chi connectivity index (χ4v) is 2.24. The molecule has 0 aliphatic carbocycles. The molecule has 110 valence electrons. The van der Waals surface area contributed by atoms with Crippen molar-refractivity contribution in [3.05, 3.63) is 61.1 Å². The zero-order valence-electron chi connectivity index (χ0n) is 11.4. The number of aromatic nitrogens is 2. The first-order valence-corrected chi connectivity index (χ1v) is 7.10. The van der Waals surface area contributed by atoms with Gasteiger partial charge in [-0.2, -0.15) is 0 Å². The van der Waals surface area contributed by atoms with E-state index >= 15 is 0 Å². The molecular weight excluding hydrogens is 390 g/mol. The summed E-state index contributed by atoms with van der Waals surface area (Å²) >= 11 is 1.93. The van der Waals surface area contributed by atoms with Crippen LogP contribution >= 0.6 is 22.6 Å². The molecular formula is C14H12FIN2O3. The van der Waals surface area contributed by atoms with Gasteiger partial charge in [0.2, 0.25) is 0 Å².